The molecule has 0 amide bonds. The summed E-state index contributed by atoms with van der Waals surface area (Å²) in [6, 6.07) is 7.58. The summed E-state index contributed by atoms with van der Waals surface area (Å²) in [7, 11) is 1.64. The average Bonchev–Trinajstić information content (AvgIpc) is 2.26. The molecule has 14 heavy (non-hydrogen) atoms. The summed E-state index contributed by atoms with van der Waals surface area (Å²) in [4.78, 5) is 0. The van der Waals surface area contributed by atoms with Gasteiger partial charge in [0.1, 0.15) is 5.75 Å². The Bertz CT molecular complexity index is 330. The molecule has 0 spiro atoms. The Morgan fingerprint density at radius 1 is 1.57 bits per heavy atom. The monoisotopic (exact) mass is 190 g/mol. The molecule has 0 aliphatic rings. The van der Waals surface area contributed by atoms with Gasteiger partial charge in [0, 0.05) is 6.42 Å². The molecule has 1 aromatic carbocycles. The van der Waals surface area contributed by atoms with E-state index in [2.05, 4.69) is 11.3 Å². The fourth-order valence-corrected chi connectivity index (χ4v) is 1.26. The van der Waals surface area contributed by atoms with Gasteiger partial charge in [-0.15, -0.1) is 6.42 Å². The highest BCUT2D eigenvalue weighted by Gasteiger charge is 2.07. The van der Waals surface area contributed by atoms with Gasteiger partial charge in [0.15, 0.2) is 0 Å². The molecule has 0 heterocycles. The van der Waals surface area contributed by atoms with Crippen LogP contribution in [-0.4, -0.2) is 13.2 Å². The number of terminal acetylenes is 1. The van der Waals surface area contributed by atoms with Crippen LogP contribution in [0.5, 0.6) is 5.75 Å². The first-order valence-electron chi connectivity index (χ1n) is 4.36. The molecule has 3 heteroatoms. The van der Waals surface area contributed by atoms with E-state index in [1.165, 1.54) is 0 Å². The molecule has 1 aromatic rings. The third-order valence-electron chi connectivity index (χ3n) is 2.02. The number of hydrogen-bond donors (Lipinski definition) is 2. The number of nitrogens with one attached hydrogen (secondary N) is 1. The second-order valence-electron chi connectivity index (χ2n) is 2.90. The summed E-state index contributed by atoms with van der Waals surface area (Å²) in [5, 5.41) is 0. The molecule has 0 radical (unpaired) electrons. The Balaban J connectivity index is 2.80. The first-order valence-corrected chi connectivity index (χ1v) is 4.36. The molecular formula is C11H14N2O. The molecule has 0 bridgehead atoms. The zero-order valence-electron chi connectivity index (χ0n) is 8.16. The van der Waals surface area contributed by atoms with E-state index in [4.69, 9.17) is 17.0 Å². The van der Waals surface area contributed by atoms with Crippen molar-refractivity contribution < 1.29 is 4.74 Å². The van der Waals surface area contributed by atoms with E-state index in [9.17, 15) is 0 Å². The zero-order valence-corrected chi connectivity index (χ0v) is 8.16. The average molecular weight is 190 g/mol. The zero-order chi connectivity index (χ0) is 10.4. The van der Waals surface area contributed by atoms with Crippen LogP contribution in [-0.2, 0) is 6.42 Å². The fourth-order valence-electron chi connectivity index (χ4n) is 1.26. The van der Waals surface area contributed by atoms with E-state index in [1.807, 2.05) is 24.3 Å². The van der Waals surface area contributed by atoms with Crippen LogP contribution in [0.4, 0.5) is 0 Å². The largest absolute Gasteiger partial charge is 0.496 e. The van der Waals surface area contributed by atoms with E-state index in [0.29, 0.717) is 6.42 Å². The highest BCUT2D eigenvalue weighted by Crippen LogP contribution is 2.18. The molecule has 0 aliphatic heterocycles. The number of methoxy groups -OCH3 is 1. The van der Waals surface area contributed by atoms with Crippen LogP contribution in [0.2, 0.25) is 0 Å². The molecule has 74 valence electrons. The van der Waals surface area contributed by atoms with Gasteiger partial charge < -0.3 is 4.74 Å². The van der Waals surface area contributed by atoms with Crippen molar-refractivity contribution in [3.8, 4) is 18.1 Å². The van der Waals surface area contributed by atoms with Crippen molar-refractivity contribution in [2.24, 2.45) is 5.84 Å². The lowest BCUT2D eigenvalue weighted by Crippen LogP contribution is -2.35. The predicted octanol–water partition coefficient (Wildman–Crippen LogP) is 0.703. The second-order valence-corrected chi connectivity index (χ2v) is 2.90. The van der Waals surface area contributed by atoms with E-state index in [0.717, 1.165) is 11.3 Å². The Morgan fingerprint density at radius 3 is 2.86 bits per heavy atom. The van der Waals surface area contributed by atoms with Gasteiger partial charge in [0.2, 0.25) is 0 Å². The third kappa shape index (κ3) is 2.49. The minimum atomic E-state index is -0.161. The van der Waals surface area contributed by atoms with Crippen LogP contribution in [0, 0.1) is 12.3 Å². The van der Waals surface area contributed by atoms with Gasteiger partial charge in [0.25, 0.3) is 0 Å². The van der Waals surface area contributed by atoms with Crippen LogP contribution in [0.3, 0.4) is 0 Å². The van der Waals surface area contributed by atoms with Gasteiger partial charge in [-0.1, -0.05) is 24.1 Å². The lowest BCUT2D eigenvalue weighted by molar-refractivity contribution is 0.408. The Hall–Kier alpha value is -1.50. The molecule has 0 aromatic heterocycles. The normalized spacial score (nSPS) is 11.8. The summed E-state index contributed by atoms with van der Waals surface area (Å²) in [5.41, 5.74) is 3.61. The Morgan fingerprint density at radius 2 is 2.29 bits per heavy atom. The van der Waals surface area contributed by atoms with Gasteiger partial charge in [-0.3, -0.25) is 5.84 Å². The summed E-state index contributed by atoms with van der Waals surface area (Å²) in [5.74, 6) is 8.69. The van der Waals surface area contributed by atoms with Crippen molar-refractivity contribution in [3.05, 3.63) is 29.8 Å². The van der Waals surface area contributed by atoms with Crippen molar-refractivity contribution in [2.75, 3.05) is 7.11 Å². The number of hydrazine groups is 1. The van der Waals surface area contributed by atoms with Crippen LogP contribution in [0.15, 0.2) is 24.3 Å². The van der Waals surface area contributed by atoms with Gasteiger partial charge in [-0.25, -0.2) is 5.43 Å². The highest BCUT2D eigenvalue weighted by molar-refractivity contribution is 5.34. The smallest absolute Gasteiger partial charge is 0.122 e. The minimum Gasteiger partial charge on any atom is -0.496 e. The van der Waals surface area contributed by atoms with Crippen molar-refractivity contribution >= 4 is 0 Å². The van der Waals surface area contributed by atoms with Crippen LogP contribution in [0.25, 0.3) is 0 Å². The maximum atomic E-state index is 5.29. The molecule has 3 nitrogen and oxygen atoms in total. The SMILES string of the molecule is C#CC(Cc1ccccc1OC)NN. The molecule has 0 aliphatic carbocycles. The van der Waals surface area contributed by atoms with Crippen LogP contribution >= 0.6 is 0 Å². The molecule has 1 atom stereocenters. The fraction of sp³-hybridized carbons (Fsp3) is 0.273. The van der Waals surface area contributed by atoms with Crippen LogP contribution < -0.4 is 16.0 Å². The molecule has 1 rings (SSSR count). The van der Waals surface area contributed by atoms with Gasteiger partial charge >= 0.3 is 0 Å². The van der Waals surface area contributed by atoms with Crippen LogP contribution in [0.1, 0.15) is 5.56 Å². The molecule has 0 saturated heterocycles. The van der Waals surface area contributed by atoms with Gasteiger partial charge in [-0.05, 0) is 11.6 Å². The molecular weight excluding hydrogens is 176 g/mol. The Labute approximate surface area is 84.2 Å². The van der Waals surface area contributed by atoms with Crippen molar-refractivity contribution in [2.45, 2.75) is 12.5 Å². The topological polar surface area (TPSA) is 47.3 Å². The summed E-state index contributed by atoms with van der Waals surface area (Å²) in [6.07, 6.45) is 5.95. The maximum Gasteiger partial charge on any atom is 0.122 e. The number of rotatable bonds is 4. The summed E-state index contributed by atoms with van der Waals surface area (Å²) in [6.45, 7) is 0. The number of nitrogens with two attached hydrogens (primary N) is 1. The van der Waals surface area contributed by atoms with Gasteiger partial charge in [-0.2, -0.15) is 0 Å². The highest BCUT2D eigenvalue weighted by atomic mass is 16.5. The van der Waals surface area contributed by atoms with E-state index < -0.39 is 0 Å². The number of para-hydroxylation sites is 1. The molecule has 3 N–H and O–H groups in total. The minimum absolute atomic E-state index is 0.161. The molecule has 0 fully saturated rings. The number of ether oxygens (including phenoxy) is 1. The standard InChI is InChI=1S/C11H14N2O/c1-3-10(13-12)8-9-6-4-5-7-11(9)14-2/h1,4-7,10,13H,8,12H2,2H3. The summed E-state index contributed by atoms with van der Waals surface area (Å²) < 4.78 is 5.20. The summed E-state index contributed by atoms with van der Waals surface area (Å²) >= 11 is 0. The number of benzene rings is 1. The second kappa shape index (κ2) is 5.28. The Kier molecular flexibility index (Phi) is 3.99. The van der Waals surface area contributed by atoms with Gasteiger partial charge in [0.05, 0.1) is 13.2 Å². The number of hydrogen-bond acceptors (Lipinski definition) is 3. The van der Waals surface area contributed by atoms with Crippen molar-refractivity contribution in [1.82, 2.24) is 5.43 Å². The first kappa shape index (κ1) is 10.6. The quantitative estimate of drug-likeness (QED) is 0.417. The lowest BCUT2D eigenvalue weighted by atomic mass is 10.1. The van der Waals surface area contributed by atoms with E-state index in [-0.39, 0.29) is 6.04 Å². The predicted molar refractivity (Wildman–Crippen MR) is 56.6 cm³/mol. The molecule has 1 unspecified atom stereocenters. The molecule has 0 saturated carbocycles. The first-order chi connectivity index (χ1) is 6.81. The van der Waals surface area contributed by atoms with Crippen molar-refractivity contribution in [1.29, 1.82) is 0 Å². The third-order valence-corrected chi connectivity index (χ3v) is 2.02. The lowest BCUT2D eigenvalue weighted by Gasteiger charge is -2.12. The van der Waals surface area contributed by atoms with E-state index >= 15 is 0 Å². The maximum absolute atomic E-state index is 5.29. The van der Waals surface area contributed by atoms with Crippen molar-refractivity contribution in [3.63, 3.8) is 0 Å². The van der Waals surface area contributed by atoms with E-state index in [1.54, 1.807) is 7.11 Å².